The second kappa shape index (κ2) is 5.58. The molecule has 0 spiro atoms. The highest BCUT2D eigenvalue weighted by atomic mass is 16.2. The molecular formula is C21H31N3O3. The fraction of sp³-hybridized carbons (Fsp3) is 0.762. The van der Waals surface area contributed by atoms with Gasteiger partial charge in [-0.1, -0.05) is 13.8 Å². The summed E-state index contributed by atoms with van der Waals surface area (Å²) < 4.78 is 0. The second-order valence-electron chi connectivity index (χ2n) is 9.82. The van der Waals surface area contributed by atoms with E-state index in [4.69, 9.17) is 17.2 Å². The van der Waals surface area contributed by atoms with E-state index >= 15 is 0 Å². The van der Waals surface area contributed by atoms with Crippen LogP contribution in [0.3, 0.4) is 0 Å². The molecule has 6 atom stereocenters. The number of carbonyl (C=O) groups is 3. The summed E-state index contributed by atoms with van der Waals surface area (Å²) in [6, 6.07) is 0. The Labute approximate surface area is 160 Å². The maximum atomic E-state index is 13.0. The number of rotatable bonds is 2. The number of primary amides is 2. The largest absolute Gasteiger partial charge is 0.396 e. The van der Waals surface area contributed by atoms with Gasteiger partial charge in [-0.05, 0) is 73.2 Å². The van der Waals surface area contributed by atoms with Crippen LogP contribution in [0, 0.1) is 34.0 Å². The third-order valence-electron chi connectivity index (χ3n) is 9.10. The summed E-state index contributed by atoms with van der Waals surface area (Å²) in [5, 5.41) is 0. The third kappa shape index (κ3) is 2.10. The molecular weight excluding hydrogens is 342 g/mol. The monoisotopic (exact) mass is 373 g/mol. The van der Waals surface area contributed by atoms with Gasteiger partial charge in [-0.25, -0.2) is 0 Å². The van der Waals surface area contributed by atoms with Gasteiger partial charge in [0.05, 0.1) is 11.1 Å². The molecule has 4 aliphatic rings. The molecule has 2 amide bonds. The number of Topliss-reactive ketones (excluding diaryl/α,β-unsaturated/α-hetero) is 1. The minimum absolute atomic E-state index is 0.0318. The average molecular weight is 373 g/mol. The van der Waals surface area contributed by atoms with Crippen molar-refractivity contribution in [2.24, 2.45) is 51.2 Å². The van der Waals surface area contributed by atoms with Gasteiger partial charge in [0.2, 0.25) is 11.8 Å². The number of nitrogens with two attached hydrogens (primary N) is 3. The van der Waals surface area contributed by atoms with Gasteiger partial charge in [0, 0.05) is 12.3 Å². The smallest absolute Gasteiger partial charge is 0.224 e. The molecule has 6 nitrogen and oxygen atoms in total. The lowest BCUT2D eigenvalue weighted by atomic mass is 9.40. The Balaban J connectivity index is 1.85. The first kappa shape index (κ1) is 18.5. The van der Waals surface area contributed by atoms with Crippen LogP contribution in [0.25, 0.3) is 0 Å². The minimum atomic E-state index is -0.643. The molecule has 0 bridgehead atoms. The molecule has 0 radical (unpaired) electrons. The summed E-state index contributed by atoms with van der Waals surface area (Å²) in [6.07, 6.45) is 5.65. The fourth-order valence-electron chi connectivity index (χ4n) is 7.83. The Bertz CT molecular complexity index is 775. The maximum Gasteiger partial charge on any atom is 0.224 e. The van der Waals surface area contributed by atoms with Crippen molar-refractivity contribution in [3.63, 3.8) is 0 Å². The van der Waals surface area contributed by atoms with Crippen molar-refractivity contribution < 1.29 is 14.4 Å². The Morgan fingerprint density at radius 1 is 0.963 bits per heavy atom. The summed E-state index contributed by atoms with van der Waals surface area (Å²) in [4.78, 5) is 37.3. The van der Waals surface area contributed by atoms with Crippen LogP contribution in [0.2, 0.25) is 0 Å². The lowest BCUT2D eigenvalue weighted by Gasteiger charge is -2.63. The number of hydrogen-bond acceptors (Lipinski definition) is 4. The molecule has 0 heterocycles. The van der Waals surface area contributed by atoms with Gasteiger partial charge >= 0.3 is 0 Å². The number of fused-ring (bicyclic) bond motifs is 5. The predicted octanol–water partition coefficient (Wildman–Crippen LogP) is 1.76. The van der Waals surface area contributed by atoms with E-state index in [2.05, 4.69) is 13.8 Å². The highest BCUT2D eigenvalue weighted by molar-refractivity contribution is 5.96. The topological polar surface area (TPSA) is 129 Å². The Morgan fingerprint density at radius 2 is 1.67 bits per heavy atom. The zero-order valence-corrected chi connectivity index (χ0v) is 16.3. The van der Waals surface area contributed by atoms with Crippen LogP contribution < -0.4 is 17.2 Å². The Hall–Kier alpha value is -1.85. The first-order valence-electron chi connectivity index (χ1n) is 10.2. The second-order valence-corrected chi connectivity index (χ2v) is 9.82. The Kier molecular flexibility index (Phi) is 3.83. The van der Waals surface area contributed by atoms with Gasteiger partial charge in [0.25, 0.3) is 0 Å². The normalized spacial score (nSPS) is 46.4. The van der Waals surface area contributed by atoms with Gasteiger partial charge in [0.15, 0.2) is 5.78 Å². The predicted molar refractivity (Wildman–Crippen MR) is 101 cm³/mol. The van der Waals surface area contributed by atoms with E-state index in [9.17, 15) is 14.4 Å². The van der Waals surface area contributed by atoms with E-state index in [0.717, 1.165) is 37.7 Å². The van der Waals surface area contributed by atoms with Crippen molar-refractivity contribution in [3.8, 4) is 0 Å². The van der Waals surface area contributed by atoms with Crippen LogP contribution >= 0.6 is 0 Å². The minimum Gasteiger partial charge on any atom is -0.396 e. The lowest BCUT2D eigenvalue weighted by Crippen LogP contribution is -2.63. The van der Waals surface area contributed by atoms with Crippen LogP contribution in [0.4, 0.5) is 0 Å². The van der Waals surface area contributed by atoms with Crippen molar-refractivity contribution in [1.82, 2.24) is 0 Å². The first-order valence-corrected chi connectivity index (χ1v) is 10.2. The molecule has 0 aromatic rings. The van der Waals surface area contributed by atoms with E-state index in [1.165, 1.54) is 0 Å². The van der Waals surface area contributed by atoms with Gasteiger partial charge in [-0.15, -0.1) is 0 Å². The van der Waals surface area contributed by atoms with E-state index in [0.29, 0.717) is 25.0 Å². The van der Waals surface area contributed by atoms with Crippen molar-refractivity contribution in [3.05, 3.63) is 11.3 Å². The van der Waals surface area contributed by atoms with E-state index in [1.54, 1.807) is 0 Å². The summed E-state index contributed by atoms with van der Waals surface area (Å²) >= 11 is 0. The zero-order chi connectivity index (χ0) is 19.8. The molecule has 3 saturated carbocycles. The van der Waals surface area contributed by atoms with Gasteiger partial charge < -0.3 is 17.2 Å². The number of amides is 2. The molecule has 4 rings (SSSR count). The fourth-order valence-corrected chi connectivity index (χ4v) is 7.83. The van der Waals surface area contributed by atoms with E-state index in [-0.39, 0.29) is 46.2 Å². The summed E-state index contributed by atoms with van der Waals surface area (Å²) in [5.74, 6) is -0.525. The number of allylic oxidation sites excluding steroid dienone is 1. The van der Waals surface area contributed by atoms with Crippen LogP contribution in [0.15, 0.2) is 11.3 Å². The van der Waals surface area contributed by atoms with Crippen molar-refractivity contribution in [2.75, 3.05) is 0 Å². The summed E-state index contributed by atoms with van der Waals surface area (Å²) in [5.41, 5.74) is 18.3. The number of carbonyl (C=O) groups excluding carboxylic acids is 3. The SMILES string of the molecule is C[C@]12CCC(=O)C(N)=C1CC[C@]1(C(N)=O)[C@H]2CC[C@]2(C)C(C(N)=O)CC[C@@H]12. The van der Waals surface area contributed by atoms with Crippen LogP contribution in [0.5, 0.6) is 0 Å². The molecule has 0 aromatic heterocycles. The standard InChI is InChI=1S/C21H31N3O3/c1-19-8-6-13(25)16(22)11(19)5-10-21(18(24)27)14-4-3-12(17(23)26)20(14,2)9-7-15(19)21/h12,14-15H,3-10,22H2,1-2H3,(H2,23,26)(H2,24,27)/t12?,14-,15+,19+,20-,21-/m1/s1. The van der Waals surface area contributed by atoms with Crippen LogP contribution in [-0.4, -0.2) is 17.6 Å². The van der Waals surface area contributed by atoms with Gasteiger partial charge in [-0.3, -0.25) is 14.4 Å². The van der Waals surface area contributed by atoms with E-state index < -0.39 is 5.41 Å². The molecule has 6 N–H and O–H groups in total. The van der Waals surface area contributed by atoms with Crippen molar-refractivity contribution in [2.45, 2.75) is 65.2 Å². The molecule has 4 aliphatic carbocycles. The quantitative estimate of drug-likeness (QED) is 0.681. The highest BCUT2D eigenvalue weighted by Crippen LogP contribution is 2.71. The van der Waals surface area contributed by atoms with Gasteiger partial charge in [-0.2, -0.15) is 0 Å². The lowest BCUT2D eigenvalue weighted by molar-refractivity contribution is -0.165. The zero-order valence-electron chi connectivity index (χ0n) is 16.3. The average Bonchev–Trinajstić information content (AvgIpc) is 2.96. The molecule has 27 heavy (non-hydrogen) atoms. The molecule has 148 valence electrons. The molecule has 0 saturated heterocycles. The maximum absolute atomic E-state index is 13.0. The van der Waals surface area contributed by atoms with Crippen LogP contribution in [-0.2, 0) is 14.4 Å². The van der Waals surface area contributed by atoms with E-state index in [1.807, 2.05) is 0 Å². The Morgan fingerprint density at radius 3 is 2.30 bits per heavy atom. The molecule has 3 fully saturated rings. The van der Waals surface area contributed by atoms with Crippen molar-refractivity contribution in [1.29, 1.82) is 0 Å². The molecule has 6 heteroatoms. The third-order valence-corrected chi connectivity index (χ3v) is 9.10. The summed E-state index contributed by atoms with van der Waals surface area (Å²) in [7, 11) is 0. The first-order chi connectivity index (χ1) is 12.6. The molecule has 1 unspecified atom stereocenters. The number of hydrogen-bond donors (Lipinski definition) is 3. The highest BCUT2D eigenvalue weighted by Gasteiger charge is 2.69. The summed E-state index contributed by atoms with van der Waals surface area (Å²) in [6.45, 7) is 4.31. The van der Waals surface area contributed by atoms with Gasteiger partial charge in [0.1, 0.15) is 0 Å². The molecule has 0 aromatic carbocycles. The van der Waals surface area contributed by atoms with Crippen LogP contribution in [0.1, 0.15) is 65.2 Å². The number of ketones is 1. The molecule has 0 aliphatic heterocycles. The van der Waals surface area contributed by atoms with Crippen molar-refractivity contribution >= 4 is 17.6 Å².